The Morgan fingerprint density at radius 1 is 1.54 bits per heavy atom. The monoisotopic (exact) mass is 186 g/mol. The van der Waals surface area contributed by atoms with E-state index in [1.165, 1.54) is 6.92 Å². The number of carbonyl (C=O) groups excluding carboxylic acids is 2. The first-order valence-electron chi connectivity index (χ1n) is 4.11. The van der Waals surface area contributed by atoms with Crippen molar-refractivity contribution in [1.29, 1.82) is 0 Å². The molecule has 0 rings (SSSR count). The molecule has 0 aliphatic heterocycles. The molecule has 1 atom stereocenters. The summed E-state index contributed by atoms with van der Waals surface area (Å²) in [5.74, 6) is -1.15. The van der Waals surface area contributed by atoms with Crippen molar-refractivity contribution in [2.75, 3.05) is 6.61 Å². The Hall–Kier alpha value is -1.32. The smallest absolute Gasteiger partial charge is 0.347 e. The van der Waals surface area contributed by atoms with Crippen molar-refractivity contribution in [1.82, 2.24) is 0 Å². The van der Waals surface area contributed by atoms with Gasteiger partial charge in [-0.1, -0.05) is 13.5 Å². The topological polar surface area (TPSA) is 52.6 Å². The predicted molar refractivity (Wildman–Crippen MR) is 47.0 cm³/mol. The first-order chi connectivity index (χ1) is 6.11. The van der Waals surface area contributed by atoms with Crippen molar-refractivity contribution in [2.24, 2.45) is 0 Å². The van der Waals surface area contributed by atoms with Crippen LogP contribution in [-0.2, 0) is 19.1 Å². The lowest BCUT2D eigenvalue weighted by Crippen LogP contribution is -2.25. The van der Waals surface area contributed by atoms with E-state index in [0.29, 0.717) is 6.61 Å². The van der Waals surface area contributed by atoms with Gasteiger partial charge in [-0.3, -0.25) is 0 Å². The highest BCUT2D eigenvalue weighted by atomic mass is 16.6. The maximum atomic E-state index is 11.0. The third-order valence-corrected chi connectivity index (χ3v) is 1.24. The molecule has 0 saturated carbocycles. The third kappa shape index (κ3) is 5.00. The van der Waals surface area contributed by atoms with Crippen LogP contribution in [0.5, 0.6) is 0 Å². The summed E-state index contributed by atoms with van der Waals surface area (Å²) in [6.45, 7) is 6.89. The summed E-state index contributed by atoms with van der Waals surface area (Å²) in [6.07, 6.45) is 0.884. The number of hydrogen-bond donors (Lipinski definition) is 0. The fourth-order valence-electron chi connectivity index (χ4n) is 0.590. The van der Waals surface area contributed by atoms with Crippen molar-refractivity contribution in [2.45, 2.75) is 26.4 Å². The Labute approximate surface area is 77.5 Å². The van der Waals surface area contributed by atoms with E-state index < -0.39 is 18.0 Å². The Morgan fingerprint density at radius 2 is 2.15 bits per heavy atom. The van der Waals surface area contributed by atoms with E-state index in [4.69, 9.17) is 4.74 Å². The van der Waals surface area contributed by atoms with Crippen molar-refractivity contribution < 1.29 is 19.1 Å². The Bertz CT molecular complexity index is 198. The van der Waals surface area contributed by atoms with E-state index >= 15 is 0 Å². The van der Waals surface area contributed by atoms with Crippen LogP contribution >= 0.6 is 0 Å². The van der Waals surface area contributed by atoms with Crippen LogP contribution in [0.4, 0.5) is 0 Å². The molecule has 4 nitrogen and oxygen atoms in total. The summed E-state index contributed by atoms with van der Waals surface area (Å²) in [5, 5.41) is 0. The fraction of sp³-hybridized carbons (Fsp3) is 0.556. The van der Waals surface area contributed by atoms with E-state index in [0.717, 1.165) is 12.5 Å². The molecule has 0 fully saturated rings. The zero-order valence-electron chi connectivity index (χ0n) is 7.91. The normalized spacial score (nSPS) is 11.5. The Balaban J connectivity index is 3.81. The predicted octanol–water partition coefficient (Wildman–Crippen LogP) is 1.06. The molecule has 0 bridgehead atoms. The summed E-state index contributed by atoms with van der Waals surface area (Å²) in [4.78, 5) is 21.7. The molecule has 0 heterocycles. The van der Waals surface area contributed by atoms with Crippen molar-refractivity contribution in [3.8, 4) is 0 Å². The van der Waals surface area contributed by atoms with Gasteiger partial charge in [0.2, 0.25) is 0 Å². The average molecular weight is 186 g/mol. The second-order valence-electron chi connectivity index (χ2n) is 2.45. The minimum absolute atomic E-state index is 0.342. The Kier molecular flexibility index (Phi) is 5.59. The molecule has 0 spiro atoms. The highest BCUT2D eigenvalue weighted by molar-refractivity contribution is 5.84. The summed E-state index contributed by atoms with van der Waals surface area (Å²) < 4.78 is 9.37. The summed E-state index contributed by atoms with van der Waals surface area (Å²) in [7, 11) is 0. The summed E-state index contributed by atoms with van der Waals surface area (Å²) in [6, 6.07) is 0. The number of hydrogen-bond acceptors (Lipinski definition) is 4. The number of rotatable bonds is 5. The minimum atomic E-state index is -0.864. The van der Waals surface area contributed by atoms with Gasteiger partial charge in [0, 0.05) is 6.08 Å². The molecule has 0 aliphatic rings. The van der Waals surface area contributed by atoms with Crippen molar-refractivity contribution >= 4 is 11.9 Å². The van der Waals surface area contributed by atoms with E-state index in [9.17, 15) is 9.59 Å². The highest BCUT2D eigenvalue weighted by Crippen LogP contribution is 1.96. The van der Waals surface area contributed by atoms with Gasteiger partial charge in [-0.2, -0.15) is 0 Å². The lowest BCUT2D eigenvalue weighted by Gasteiger charge is -2.10. The minimum Gasteiger partial charge on any atom is -0.463 e. The van der Waals surface area contributed by atoms with Gasteiger partial charge in [0.1, 0.15) is 0 Å². The van der Waals surface area contributed by atoms with E-state index in [1.54, 1.807) is 0 Å². The lowest BCUT2D eigenvalue weighted by molar-refractivity contribution is -0.163. The van der Waals surface area contributed by atoms with Crippen LogP contribution in [0.3, 0.4) is 0 Å². The van der Waals surface area contributed by atoms with Gasteiger partial charge in [-0.05, 0) is 13.3 Å². The van der Waals surface area contributed by atoms with Crippen LogP contribution in [-0.4, -0.2) is 24.6 Å². The molecule has 0 aliphatic carbocycles. The van der Waals surface area contributed by atoms with Gasteiger partial charge in [0.05, 0.1) is 6.61 Å². The average Bonchev–Trinajstić information content (AvgIpc) is 2.13. The first kappa shape index (κ1) is 11.7. The molecule has 13 heavy (non-hydrogen) atoms. The molecule has 1 unspecified atom stereocenters. The van der Waals surface area contributed by atoms with Crippen LogP contribution in [0.15, 0.2) is 12.7 Å². The molecular weight excluding hydrogens is 172 g/mol. The molecular formula is C9H14O4. The molecule has 0 saturated heterocycles. The van der Waals surface area contributed by atoms with Gasteiger partial charge in [0.15, 0.2) is 6.10 Å². The number of ether oxygens (including phenoxy) is 2. The zero-order valence-corrected chi connectivity index (χ0v) is 7.91. The lowest BCUT2D eigenvalue weighted by atomic mass is 10.4. The fourth-order valence-corrected chi connectivity index (χ4v) is 0.590. The number of esters is 2. The molecule has 4 heteroatoms. The molecule has 0 N–H and O–H groups in total. The number of carbonyl (C=O) groups is 2. The molecule has 0 aromatic heterocycles. The second-order valence-corrected chi connectivity index (χ2v) is 2.45. The first-order valence-corrected chi connectivity index (χ1v) is 4.11. The van der Waals surface area contributed by atoms with Crippen molar-refractivity contribution in [3.63, 3.8) is 0 Å². The van der Waals surface area contributed by atoms with E-state index in [1.807, 2.05) is 6.92 Å². The molecule has 74 valence electrons. The van der Waals surface area contributed by atoms with Gasteiger partial charge in [-0.25, -0.2) is 9.59 Å². The molecule has 0 amide bonds. The SMILES string of the molecule is C=CC(=O)OC(C)C(=O)OCCC. The zero-order chi connectivity index (χ0) is 10.3. The molecule has 0 aromatic carbocycles. The second kappa shape index (κ2) is 6.22. The Morgan fingerprint density at radius 3 is 2.62 bits per heavy atom. The molecule has 0 aromatic rings. The van der Waals surface area contributed by atoms with Gasteiger partial charge in [-0.15, -0.1) is 0 Å². The summed E-state index contributed by atoms with van der Waals surface area (Å²) >= 11 is 0. The van der Waals surface area contributed by atoms with Crippen LogP contribution in [0.25, 0.3) is 0 Å². The van der Waals surface area contributed by atoms with Gasteiger partial charge < -0.3 is 9.47 Å². The van der Waals surface area contributed by atoms with Crippen LogP contribution in [0.2, 0.25) is 0 Å². The van der Waals surface area contributed by atoms with Crippen LogP contribution in [0.1, 0.15) is 20.3 Å². The largest absolute Gasteiger partial charge is 0.463 e. The maximum absolute atomic E-state index is 11.0. The summed E-state index contributed by atoms with van der Waals surface area (Å²) in [5.41, 5.74) is 0. The standard InChI is InChI=1S/C9H14O4/c1-4-6-12-9(11)7(3)13-8(10)5-2/h5,7H,2,4,6H2,1,3H3. The van der Waals surface area contributed by atoms with Crippen LogP contribution < -0.4 is 0 Å². The molecule has 0 radical (unpaired) electrons. The maximum Gasteiger partial charge on any atom is 0.347 e. The van der Waals surface area contributed by atoms with E-state index in [-0.39, 0.29) is 0 Å². The van der Waals surface area contributed by atoms with Gasteiger partial charge in [0.25, 0.3) is 0 Å². The van der Waals surface area contributed by atoms with Crippen LogP contribution in [0, 0.1) is 0 Å². The van der Waals surface area contributed by atoms with E-state index in [2.05, 4.69) is 11.3 Å². The third-order valence-electron chi connectivity index (χ3n) is 1.24. The van der Waals surface area contributed by atoms with Gasteiger partial charge >= 0.3 is 11.9 Å². The quantitative estimate of drug-likeness (QED) is 0.476. The van der Waals surface area contributed by atoms with Crippen molar-refractivity contribution in [3.05, 3.63) is 12.7 Å². The highest BCUT2D eigenvalue weighted by Gasteiger charge is 2.17.